The fourth-order valence-corrected chi connectivity index (χ4v) is 2.70. The van der Waals surface area contributed by atoms with Crippen molar-refractivity contribution in [2.75, 3.05) is 6.61 Å². The molecule has 0 unspecified atom stereocenters. The second-order valence-corrected chi connectivity index (χ2v) is 6.21. The van der Waals surface area contributed by atoms with Gasteiger partial charge in [0.15, 0.2) is 0 Å². The van der Waals surface area contributed by atoms with Crippen LogP contribution in [-0.4, -0.2) is 39.0 Å². The molecule has 0 amide bonds. The molecule has 2 heterocycles. The maximum atomic E-state index is 11.4. The summed E-state index contributed by atoms with van der Waals surface area (Å²) in [7, 11) is 0. The van der Waals surface area contributed by atoms with E-state index in [1.165, 1.54) is 48.5 Å². The van der Waals surface area contributed by atoms with Crippen LogP contribution in [0.1, 0.15) is 28.0 Å². The molecule has 0 radical (unpaired) electrons. The molecule has 0 atom stereocenters. The molecule has 0 fully saturated rings. The minimum Gasteiger partial charge on any atom is -0.870 e. The Labute approximate surface area is 211 Å². The van der Waals surface area contributed by atoms with Gasteiger partial charge in [-0.05, 0) is 31.2 Å². The van der Waals surface area contributed by atoms with Gasteiger partial charge in [-0.25, -0.2) is 9.59 Å². The van der Waals surface area contributed by atoms with Crippen LogP contribution >= 0.6 is 0 Å². The number of nitro groups is 2. The van der Waals surface area contributed by atoms with Crippen molar-refractivity contribution in [1.29, 1.82) is 0 Å². The van der Waals surface area contributed by atoms with E-state index < -0.39 is 21.8 Å². The van der Waals surface area contributed by atoms with Crippen LogP contribution in [0.4, 0.5) is 11.4 Å². The van der Waals surface area contributed by atoms with Gasteiger partial charge < -0.3 is 24.2 Å². The van der Waals surface area contributed by atoms with Gasteiger partial charge in [-0.2, -0.15) is 0 Å². The summed E-state index contributed by atoms with van der Waals surface area (Å²) in [4.78, 5) is 41.9. The molecular formula is C20H15N2NaO11. The van der Waals surface area contributed by atoms with Crippen molar-refractivity contribution < 1.29 is 73.1 Å². The van der Waals surface area contributed by atoms with E-state index in [1.807, 2.05) is 0 Å². The normalized spacial score (nSPS) is 9.79. The quantitative estimate of drug-likeness (QED) is 0.186. The minimum atomic E-state index is -1.20. The van der Waals surface area contributed by atoms with Crippen LogP contribution in [-0.2, 0) is 4.74 Å². The average molecular weight is 482 g/mol. The number of ether oxygens (including phenoxy) is 1. The number of furan rings is 2. The molecule has 172 valence electrons. The molecule has 0 saturated heterocycles. The number of hydrogen-bond acceptors (Lipinski definition) is 10. The largest absolute Gasteiger partial charge is 1.00 e. The minimum absolute atomic E-state index is 0. The maximum absolute atomic E-state index is 11.4. The van der Waals surface area contributed by atoms with E-state index >= 15 is 0 Å². The summed E-state index contributed by atoms with van der Waals surface area (Å²) >= 11 is 0. The Balaban J connectivity index is 0.000000323. The average Bonchev–Trinajstić information content (AvgIpc) is 3.37. The third-order valence-electron chi connectivity index (χ3n) is 4.11. The molecular weight excluding hydrogens is 467 g/mol. The number of rotatable bonds is 5. The van der Waals surface area contributed by atoms with Crippen LogP contribution in [0.15, 0.2) is 57.4 Å². The van der Waals surface area contributed by atoms with Gasteiger partial charge >= 0.3 is 41.5 Å². The van der Waals surface area contributed by atoms with Crippen LogP contribution in [0.5, 0.6) is 0 Å². The molecule has 2 aromatic heterocycles. The van der Waals surface area contributed by atoms with E-state index in [0.29, 0.717) is 21.9 Å². The van der Waals surface area contributed by atoms with Crippen molar-refractivity contribution in [3.05, 3.63) is 80.3 Å². The summed E-state index contributed by atoms with van der Waals surface area (Å²) < 4.78 is 14.9. The Morgan fingerprint density at radius 2 is 1.32 bits per heavy atom. The van der Waals surface area contributed by atoms with Crippen molar-refractivity contribution in [1.82, 2.24) is 0 Å². The predicted octanol–water partition coefficient (Wildman–Crippen LogP) is 1.38. The van der Waals surface area contributed by atoms with Crippen molar-refractivity contribution >= 4 is 45.3 Å². The fraction of sp³-hybridized carbons (Fsp3) is 0.100. The number of carbonyl (C=O) groups excluding carboxylic acids is 1. The Kier molecular flexibility index (Phi) is 9.89. The second kappa shape index (κ2) is 11.9. The van der Waals surface area contributed by atoms with Crippen molar-refractivity contribution in [3.8, 4) is 0 Å². The predicted molar refractivity (Wildman–Crippen MR) is 111 cm³/mol. The Hall–Kier alpha value is -3.78. The van der Waals surface area contributed by atoms with Crippen LogP contribution in [0, 0.1) is 20.2 Å². The first-order valence-electron chi connectivity index (χ1n) is 8.96. The standard InChI is InChI=1S/C11H9NO5.C9H5NO5.Na.H2O/c1-2-16-11(13)10-6-7-5-8(12(14)15)3-4-9(7)17-10;11-9(12)8-4-5-3-6(10(13)14)1-2-7(5)15-8;;/h3-6H,2H2,1H3;1-4H,(H,11,12);;1H2/q;;+1;/p-1. The van der Waals surface area contributed by atoms with Gasteiger partial charge in [-0.3, -0.25) is 20.2 Å². The molecule has 4 aromatic rings. The topological polar surface area (TPSA) is 206 Å². The molecule has 2 N–H and O–H groups in total. The van der Waals surface area contributed by atoms with Gasteiger partial charge in [-0.15, -0.1) is 0 Å². The van der Waals surface area contributed by atoms with E-state index in [2.05, 4.69) is 0 Å². The van der Waals surface area contributed by atoms with Crippen LogP contribution < -0.4 is 29.6 Å². The van der Waals surface area contributed by atoms with E-state index in [-0.39, 0.29) is 64.5 Å². The van der Waals surface area contributed by atoms with Crippen molar-refractivity contribution in [2.45, 2.75) is 6.92 Å². The molecule has 14 heteroatoms. The number of carboxylic acid groups (broad SMARTS) is 1. The molecule has 13 nitrogen and oxygen atoms in total. The van der Waals surface area contributed by atoms with E-state index in [0.717, 1.165) is 0 Å². The van der Waals surface area contributed by atoms with Crippen LogP contribution in [0.25, 0.3) is 21.9 Å². The number of non-ortho nitro benzene ring substituents is 2. The zero-order valence-corrected chi connectivity index (χ0v) is 19.8. The second-order valence-electron chi connectivity index (χ2n) is 6.21. The fourth-order valence-electron chi connectivity index (χ4n) is 2.70. The van der Waals surface area contributed by atoms with E-state index in [1.54, 1.807) is 6.92 Å². The third kappa shape index (κ3) is 6.39. The summed E-state index contributed by atoms with van der Waals surface area (Å²) in [5.74, 6) is -1.96. The number of aromatic carboxylic acids is 1. The number of benzene rings is 2. The first-order chi connectivity index (χ1) is 15.2. The number of nitro benzene ring substituents is 2. The van der Waals surface area contributed by atoms with Gasteiger partial charge in [0.1, 0.15) is 11.2 Å². The van der Waals surface area contributed by atoms with Gasteiger partial charge in [0, 0.05) is 35.0 Å². The van der Waals surface area contributed by atoms with Gasteiger partial charge in [-0.1, -0.05) is 0 Å². The smallest absolute Gasteiger partial charge is 0.870 e. The zero-order chi connectivity index (χ0) is 23.4. The molecule has 0 aliphatic rings. The SMILES string of the molecule is CCOC(=O)c1cc2cc([N+](=O)[O-])ccc2o1.O=C(O)c1cc2cc([N+](=O)[O-])ccc2o1.[Na+].[OH-]. The van der Waals surface area contributed by atoms with E-state index in [9.17, 15) is 29.8 Å². The molecule has 2 aromatic carbocycles. The number of hydrogen-bond donors (Lipinski definition) is 1. The van der Waals surface area contributed by atoms with E-state index in [4.69, 9.17) is 18.7 Å². The first kappa shape index (κ1) is 28.3. The molecule has 0 spiro atoms. The summed E-state index contributed by atoms with van der Waals surface area (Å²) in [6.07, 6.45) is 0. The van der Waals surface area contributed by atoms with Gasteiger partial charge in [0.05, 0.1) is 16.5 Å². The Morgan fingerprint density at radius 3 is 1.74 bits per heavy atom. The summed E-state index contributed by atoms with van der Waals surface area (Å²) in [6, 6.07) is 10.7. The molecule has 4 rings (SSSR count). The molecule has 0 aliphatic heterocycles. The summed E-state index contributed by atoms with van der Waals surface area (Å²) in [5.41, 5.74) is 0.589. The number of esters is 1. The molecule has 0 aliphatic carbocycles. The van der Waals surface area contributed by atoms with Crippen LogP contribution in [0.2, 0.25) is 0 Å². The number of nitrogens with zero attached hydrogens (tertiary/aromatic N) is 2. The Bertz CT molecular complexity index is 1350. The molecule has 34 heavy (non-hydrogen) atoms. The number of carbonyl (C=O) groups is 2. The monoisotopic (exact) mass is 482 g/mol. The summed E-state index contributed by atoms with van der Waals surface area (Å²) in [5, 5.41) is 30.6. The molecule has 0 saturated carbocycles. The van der Waals surface area contributed by atoms with Gasteiger partial charge in [0.2, 0.25) is 11.5 Å². The van der Waals surface area contributed by atoms with Crippen LogP contribution in [0.3, 0.4) is 0 Å². The zero-order valence-electron chi connectivity index (χ0n) is 17.8. The number of carboxylic acids is 1. The molecule has 0 bridgehead atoms. The van der Waals surface area contributed by atoms with Crippen molar-refractivity contribution in [3.63, 3.8) is 0 Å². The summed E-state index contributed by atoms with van der Waals surface area (Å²) in [6.45, 7) is 1.93. The first-order valence-corrected chi connectivity index (χ1v) is 8.96. The maximum Gasteiger partial charge on any atom is 1.00 e. The van der Waals surface area contributed by atoms with Gasteiger partial charge in [0.25, 0.3) is 11.4 Å². The number of fused-ring (bicyclic) bond motifs is 2. The van der Waals surface area contributed by atoms with Crippen molar-refractivity contribution in [2.24, 2.45) is 0 Å². The Morgan fingerprint density at radius 1 is 0.882 bits per heavy atom. The third-order valence-corrected chi connectivity index (χ3v) is 4.11.